The summed E-state index contributed by atoms with van der Waals surface area (Å²) in [7, 11) is 0. The molecule has 0 N–H and O–H groups in total. The minimum Gasteiger partial charge on any atom is -0.443 e. The lowest BCUT2D eigenvalue weighted by molar-refractivity contribution is -0.143. The number of alkyl halides is 9. The Kier molecular flexibility index (Phi) is 8.00. The highest BCUT2D eigenvalue weighted by molar-refractivity contribution is 5.91. The molecule has 230 valence electrons. The zero-order valence-electron chi connectivity index (χ0n) is 22.6. The van der Waals surface area contributed by atoms with E-state index in [4.69, 9.17) is 4.74 Å². The number of carbonyl (C=O) groups is 2. The maximum atomic E-state index is 13.7. The molecule has 0 aromatic heterocycles. The Hall–Kier alpha value is -3.45. The summed E-state index contributed by atoms with van der Waals surface area (Å²) in [6, 6.07) is 1.60. The van der Waals surface area contributed by atoms with Crippen LogP contribution >= 0.6 is 0 Å². The molecule has 4 rings (SSSR count). The summed E-state index contributed by atoms with van der Waals surface area (Å²) < 4.78 is 127. The van der Waals surface area contributed by atoms with Crippen molar-refractivity contribution in [2.75, 3.05) is 4.90 Å². The summed E-state index contributed by atoms with van der Waals surface area (Å²) in [5.41, 5.74) is -5.88. The average molecular weight is 611 g/mol. The number of rotatable bonds is 5. The molecule has 1 heterocycles. The van der Waals surface area contributed by atoms with Gasteiger partial charge < -0.3 is 9.64 Å². The lowest BCUT2D eigenvalue weighted by Gasteiger charge is -2.44. The van der Waals surface area contributed by atoms with Crippen molar-refractivity contribution in [3.63, 3.8) is 0 Å². The van der Waals surface area contributed by atoms with Crippen molar-refractivity contribution in [2.45, 2.75) is 82.8 Å². The summed E-state index contributed by atoms with van der Waals surface area (Å²) in [4.78, 5) is 27.7. The number of nitrogens with zero attached hydrogens (tertiary/aromatic N) is 2. The minimum atomic E-state index is -5.13. The van der Waals surface area contributed by atoms with Crippen LogP contribution in [-0.4, -0.2) is 29.0 Å². The Morgan fingerprint density at radius 3 is 1.88 bits per heavy atom. The number of ether oxygens (including phenoxy) is 1. The van der Waals surface area contributed by atoms with E-state index < -0.39 is 71.1 Å². The smallest absolute Gasteiger partial charge is 0.416 e. The third kappa shape index (κ3) is 6.95. The van der Waals surface area contributed by atoms with Crippen LogP contribution in [0.2, 0.25) is 0 Å². The fourth-order valence-electron chi connectivity index (χ4n) is 5.14. The predicted octanol–water partition coefficient (Wildman–Crippen LogP) is 8.37. The Morgan fingerprint density at radius 2 is 1.43 bits per heavy atom. The topological polar surface area (TPSA) is 49.9 Å². The van der Waals surface area contributed by atoms with Crippen LogP contribution in [-0.2, 0) is 34.6 Å². The van der Waals surface area contributed by atoms with E-state index in [1.54, 1.807) is 20.8 Å². The molecule has 5 nitrogen and oxygen atoms in total. The van der Waals surface area contributed by atoms with Gasteiger partial charge in [0.25, 0.3) is 0 Å². The molecule has 1 aliphatic carbocycles. The second-order valence-electron chi connectivity index (χ2n) is 11.5. The number of halogens is 9. The van der Waals surface area contributed by atoms with Crippen LogP contribution in [0.4, 0.5) is 50.0 Å². The first-order valence-electron chi connectivity index (χ1n) is 12.9. The van der Waals surface area contributed by atoms with Gasteiger partial charge in [-0.1, -0.05) is 0 Å². The fraction of sp³-hybridized carbons (Fsp3) is 0.500. The maximum absolute atomic E-state index is 13.7. The highest BCUT2D eigenvalue weighted by Crippen LogP contribution is 2.50. The zero-order chi connectivity index (χ0) is 31.4. The monoisotopic (exact) mass is 610 g/mol. The molecular weight excluding hydrogens is 583 g/mol. The van der Waals surface area contributed by atoms with Crippen LogP contribution < -0.4 is 4.90 Å². The van der Waals surface area contributed by atoms with Crippen molar-refractivity contribution in [2.24, 2.45) is 5.92 Å². The number of hydrogen-bond donors (Lipinski definition) is 0. The van der Waals surface area contributed by atoms with Crippen molar-refractivity contribution >= 4 is 18.2 Å². The second-order valence-corrected chi connectivity index (χ2v) is 11.5. The highest BCUT2D eigenvalue weighted by atomic mass is 19.4. The standard InChI is InChI=1S/C28H27F9N2O3/c1-25(2,3)42-24(41)39-21-7-6-17(26(29,30)31)11-20(21)23(12-22(39)16-4-5-16)38(14-40)13-15-8-18(27(32,33)34)10-19(9-15)28(35,36)37/h6-11,14,16,22-23H,4-5,12-13H2,1-3H3/t22-,23-/m1/s1. The molecule has 2 amide bonds. The summed E-state index contributed by atoms with van der Waals surface area (Å²) in [6.45, 7) is 4.06. The molecule has 42 heavy (non-hydrogen) atoms. The Labute approximate surface area is 235 Å². The molecule has 2 aliphatic rings. The van der Waals surface area contributed by atoms with Crippen molar-refractivity contribution in [1.82, 2.24) is 4.90 Å². The van der Waals surface area contributed by atoms with Crippen molar-refractivity contribution in [1.29, 1.82) is 0 Å². The first kappa shape index (κ1) is 31.5. The number of fused-ring (bicyclic) bond motifs is 1. The fourth-order valence-corrected chi connectivity index (χ4v) is 5.14. The van der Waals surface area contributed by atoms with Gasteiger partial charge >= 0.3 is 24.6 Å². The maximum Gasteiger partial charge on any atom is 0.416 e. The number of carbonyl (C=O) groups excluding carboxylic acids is 2. The first-order valence-corrected chi connectivity index (χ1v) is 12.9. The van der Waals surface area contributed by atoms with Crippen LogP contribution in [0.1, 0.15) is 73.9 Å². The van der Waals surface area contributed by atoms with Crippen molar-refractivity contribution < 1.29 is 53.8 Å². The molecule has 0 saturated heterocycles. The summed E-state index contributed by atoms with van der Waals surface area (Å²) >= 11 is 0. The molecule has 14 heteroatoms. The molecule has 2 atom stereocenters. The molecule has 0 spiro atoms. The van der Waals surface area contributed by atoms with Gasteiger partial charge in [0.1, 0.15) is 5.60 Å². The third-order valence-corrected chi connectivity index (χ3v) is 7.07. The zero-order valence-corrected chi connectivity index (χ0v) is 22.6. The van der Waals surface area contributed by atoms with Gasteiger partial charge in [0, 0.05) is 12.6 Å². The van der Waals surface area contributed by atoms with Gasteiger partial charge in [-0.25, -0.2) is 4.79 Å². The molecule has 0 unspecified atom stereocenters. The van der Waals surface area contributed by atoms with E-state index in [9.17, 15) is 49.1 Å². The second kappa shape index (κ2) is 10.7. The van der Waals surface area contributed by atoms with E-state index >= 15 is 0 Å². The normalized spacial score (nSPS) is 19.8. The van der Waals surface area contributed by atoms with Gasteiger partial charge in [-0.2, -0.15) is 39.5 Å². The number of hydrogen-bond acceptors (Lipinski definition) is 3. The summed E-state index contributed by atoms with van der Waals surface area (Å²) in [5, 5.41) is 0. The van der Waals surface area contributed by atoms with Crippen LogP contribution in [0, 0.1) is 5.92 Å². The Balaban J connectivity index is 1.83. The van der Waals surface area contributed by atoms with Crippen LogP contribution in [0.3, 0.4) is 0 Å². The molecule has 2 aromatic rings. The quantitative estimate of drug-likeness (QED) is 0.253. The van der Waals surface area contributed by atoms with E-state index in [0.717, 1.165) is 23.1 Å². The van der Waals surface area contributed by atoms with E-state index in [0.29, 0.717) is 25.0 Å². The average Bonchev–Trinajstić information content (AvgIpc) is 3.68. The summed E-state index contributed by atoms with van der Waals surface area (Å²) in [5.74, 6) is -0.102. The summed E-state index contributed by atoms with van der Waals surface area (Å²) in [6.07, 6.45) is -14.5. The predicted molar refractivity (Wildman–Crippen MR) is 132 cm³/mol. The van der Waals surface area contributed by atoms with Crippen molar-refractivity contribution in [3.8, 4) is 0 Å². The molecule has 0 radical (unpaired) electrons. The van der Waals surface area contributed by atoms with E-state index in [-0.39, 0.29) is 36.1 Å². The molecule has 1 fully saturated rings. The largest absolute Gasteiger partial charge is 0.443 e. The first-order chi connectivity index (χ1) is 19.2. The van der Waals surface area contributed by atoms with Gasteiger partial charge in [-0.3, -0.25) is 9.69 Å². The van der Waals surface area contributed by atoms with Crippen molar-refractivity contribution in [3.05, 3.63) is 64.2 Å². The van der Waals surface area contributed by atoms with Crippen LogP contribution in [0.25, 0.3) is 0 Å². The van der Waals surface area contributed by atoms with E-state index in [1.807, 2.05) is 0 Å². The SMILES string of the molecule is CC(C)(C)OC(=O)N1c2ccc(C(F)(F)F)cc2[C@H](N(C=O)Cc2cc(C(F)(F)F)cc(C(F)(F)F)c2)C[C@@H]1C1CC1. The molecule has 2 aromatic carbocycles. The lowest BCUT2D eigenvalue weighted by atomic mass is 9.86. The lowest BCUT2D eigenvalue weighted by Crippen LogP contribution is -2.50. The van der Waals surface area contributed by atoms with Gasteiger partial charge in [0.2, 0.25) is 6.41 Å². The van der Waals surface area contributed by atoms with Gasteiger partial charge in [-0.05, 0) is 93.5 Å². The molecule has 1 saturated carbocycles. The van der Waals surface area contributed by atoms with Gasteiger partial charge in [0.05, 0.1) is 28.4 Å². The Morgan fingerprint density at radius 1 is 0.881 bits per heavy atom. The van der Waals surface area contributed by atoms with Gasteiger partial charge in [-0.15, -0.1) is 0 Å². The third-order valence-electron chi connectivity index (χ3n) is 7.07. The van der Waals surface area contributed by atoms with Crippen LogP contribution in [0.15, 0.2) is 36.4 Å². The van der Waals surface area contributed by atoms with E-state index in [2.05, 4.69) is 0 Å². The van der Waals surface area contributed by atoms with Gasteiger partial charge in [0.15, 0.2) is 0 Å². The highest BCUT2D eigenvalue weighted by Gasteiger charge is 2.47. The Bertz CT molecular complexity index is 1310. The molecule has 0 bridgehead atoms. The molecular formula is C28H27F9N2O3. The number of anilines is 1. The number of benzene rings is 2. The molecule has 1 aliphatic heterocycles. The van der Waals surface area contributed by atoms with E-state index in [1.165, 1.54) is 4.90 Å². The minimum absolute atomic E-state index is 0.0114. The number of amides is 2. The van der Waals surface area contributed by atoms with Crippen LogP contribution in [0.5, 0.6) is 0 Å².